The van der Waals surface area contributed by atoms with Gasteiger partial charge in [-0.25, -0.2) is 0 Å². The van der Waals surface area contributed by atoms with Crippen LogP contribution in [0.25, 0.3) is 0 Å². The average molecular weight is 310 g/mol. The first-order valence-corrected chi connectivity index (χ1v) is 5.68. The van der Waals surface area contributed by atoms with Gasteiger partial charge in [-0.3, -0.25) is 4.79 Å². The summed E-state index contributed by atoms with van der Waals surface area (Å²) in [6.07, 6.45) is -4.49. The molecule has 0 radical (unpaired) electrons. The van der Waals surface area contributed by atoms with Gasteiger partial charge in [-0.1, -0.05) is 29.8 Å². The summed E-state index contributed by atoms with van der Waals surface area (Å²) in [4.78, 5) is 11.4. The van der Waals surface area contributed by atoms with E-state index in [1.165, 1.54) is 12.1 Å². The van der Waals surface area contributed by atoms with Crippen molar-refractivity contribution in [1.82, 2.24) is 0 Å². The number of carbonyl (C=O) groups is 1. The number of halogens is 4. The monoisotopic (exact) mass is 309 g/mol. The first-order valence-electron chi connectivity index (χ1n) is 4.89. The lowest BCUT2D eigenvalue weighted by molar-refractivity contribution is -0.137. The second-order valence-electron chi connectivity index (χ2n) is 3.83. The summed E-state index contributed by atoms with van der Waals surface area (Å²) in [6.45, 7) is 3.22. The summed E-state index contributed by atoms with van der Waals surface area (Å²) < 4.78 is 38.5. The van der Waals surface area contributed by atoms with Gasteiger partial charge in [0.2, 0.25) is 5.91 Å². The normalized spacial score (nSPS) is 11.7. The van der Waals surface area contributed by atoms with Crippen LogP contribution >= 0.6 is 15.9 Å². The fourth-order valence-corrected chi connectivity index (χ4v) is 1.51. The molecule has 1 aromatic carbocycles. The predicted molar refractivity (Wildman–Crippen MR) is 62.6 cm³/mol. The standard InChI is InChI=1S/C11H11BrF3NO/c1-6(2)10(17)16-9-5-7(12)3-4-8(9)11(13,14)15/h3-6H,1-2H3,(H,16,17). The van der Waals surface area contributed by atoms with Crippen LogP contribution in [-0.2, 0) is 11.0 Å². The van der Waals surface area contributed by atoms with Gasteiger partial charge in [0.15, 0.2) is 0 Å². The van der Waals surface area contributed by atoms with Crippen LogP contribution < -0.4 is 5.32 Å². The Morgan fingerprint density at radius 1 is 1.35 bits per heavy atom. The first-order chi connectivity index (χ1) is 7.71. The van der Waals surface area contributed by atoms with Crippen LogP contribution in [0.15, 0.2) is 22.7 Å². The lowest BCUT2D eigenvalue weighted by atomic mass is 10.1. The molecule has 0 spiro atoms. The molecule has 0 fully saturated rings. The second kappa shape index (κ2) is 5.08. The third kappa shape index (κ3) is 3.73. The highest BCUT2D eigenvalue weighted by molar-refractivity contribution is 9.10. The molecule has 2 nitrogen and oxygen atoms in total. The van der Waals surface area contributed by atoms with Crippen molar-refractivity contribution in [2.45, 2.75) is 20.0 Å². The maximum absolute atomic E-state index is 12.7. The number of anilines is 1. The third-order valence-corrected chi connectivity index (χ3v) is 2.56. The number of carbonyl (C=O) groups excluding carboxylic acids is 1. The molecule has 0 heterocycles. The molecule has 0 atom stereocenters. The van der Waals surface area contributed by atoms with E-state index in [0.717, 1.165) is 6.07 Å². The minimum absolute atomic E-state index is 0.231. The molecule has 0 aliphatic rings. The summed E-state index contributed by atoms with van der Waals surface area (Å²) in [5.74, 6) is -0.830. The zero-order chi connectivity index (χ0) is 13.2. The van der Waals surface area contributed by atoms with Crippen LogP contribution in [-0.4, -0.2) is 5.91 Å². The molecule has 0 saturated heterocycles. The lowest BCUT2D eigenvalue weighted by Crippen LogP contribution is -2.20. The van der Waals surface area contributed by atoms with Crippen LogP contribution in [0.1, 0.15) is 19.4 Å². The minimum Gasteiger partial charge on any atom is -0.325 e. The Morgan fingerprint density at radius 3 is 2.41 bits per heavy atom. The number of rotatable bonds is 2. The summed E-state index contributed by atoms with van der Waals surface area (Å²) in [5.41, 5.74) is -1.08. The van der Waals surface area contributed by atoms with E-state index in [9.17, 15) is 18.0 Å². The number of benzene rings is 1. The maximum atomic E-state index is 12.7. The number of amides is 1. The lowest BCUT2D eigenvalue weighted by Gasteiger charge is -2.15. The van der Waals surface area contributed by atoms with Gasteiger partial charge in [0.05, 0.1) is 11.3 Å². The Morgan fingerprint density at radius 2 is 1.94 bits per heavy atom. The number of hydrogen-bond donors (Lipinski definition) is 1. The molecule has 0 aromatic heterocycles. The molecule has 17 heavy (non-hydrogen) atoms. The van der Waals surface area contributed by atoms with Crippen molar-refractivity contribution in [1.29, 1.82) is 0 Å². The molecular formula is C11H11BrF3NO. The fraction of sp³-hybridized carbons (Fsp3) is 0.364. The van der Waals surface area contributed by atoms with Gasteiger partial charge in [-0.2, -0.15) is 13.2 Å². The van der Waals surface area contributed by atoms with Crippen molar-refractivity contribution in [3.63, 3.8) is 0 Å². The Bertz CT molecular complexity index is 429. The van der Waals surface area contributed by atoms with E-state index >= 15 is 0 Å². The van der Waals surface area contributed by atoms with Crippen molar-refractivity contribution in [2.75, 3.05) is 5.32 Å². The van der Waals surface area contributed by atoms with E-state index in [-0.39, 0.29) is 11.6 Å². The van der Waals surface area contributed by atoms with Crippen molar-refractivity contribution < 1.29 is 18.0 Å². The highest BCUT2D eigenvalue weighted by Crippen LogP contribution is 2.36. The van der Waals surface area contributed by atoms with Gasteiger partial charge >= 0.3 is 6.18 Å². The van der Waals surface area contributed by atoms with Crippen molar-refractivity contribution in [3.05, 3.63) is 28.2 Å². The van der Waals surface area contributed by atoms with Crippen LogP contribution in [0.2, 0.25) is 0 Å². The zero-order valence-electron chi connectivity index (χ0n) is 9.23. The second-order valence-corrected chi connectivity index (χ2v) is 4.75. The van der Waals surface area contributed by atoms with E-state index in [0.29, 0.717) is 4.47 Å². The van der Waals surface area contributed by atoms with Crippen LogP contribution in [0, 0.1) is 5.92 Å². The molecule has 0 saturated carbocycles. The number of nitrogens with one attached hydrogen (secondary N) is 1. The largest absolute Gasteiger partial charge is 0.418 e. The zero-order valence-corrected chi connectivity index (χ0v) is 10.8. The Hall–Kier alpha value is -1.04. The van der Waals surface area contributed by atoms with Gasteiger partial charge < -0.3 is 5.32 Å². The molecule has 1 amide bonds. The predicted octanol–water partition coefficient (Wildman–Crippen LogP) is 4.06. The molecule has 1 N–H and O–H groups in total. The summed E-state index contributed by atoms with van der Waals surface area (Å²) in [7, 11) is 0. The van der Waals surface area contributed by atoms with Crippen molar-refractivity contribution in [3.8, 4) is 0 Å². The smallest absolute Gasteiger partial charge is 0.325 e. The van der Waals surface area contributed by atoms with Gasteiger partial charge in [-0.05, 0) is 18.2 Å². The topological polar surface area (TPSA) is 29.1 Å². The molecule has 1 aromatic rings. The quantitative estimate of drug-likeness (QED) is 0.877. The van der Waals surface area contributed by atoms with Crippen LogP contribution in [0.4, 0.5) is 18.9 Å². The molecule has 0 aliphatic heterocycles. The summed E-state index contributed by atoms with van der Waals surface area (Å²) in [5, 5.41) is 2.27. The van der Waals surface area contributed by atoms with E-state index in [4.69, 9.17) is 0 Å². The molecule has 0 unspecified atom stereocenters. The van der Waals surface area contributed by atoms with Crippen LogP contribution in [0.5, 0.6) is 0 Å². The summed E-state index contributed by atoms with van der Waals surface area (Å²) >= 11 is 3.07. The van der Waals surface area contributed by atoms with E-state index in [1.54, 1.807) is 13.8 Å². The highest BCUT2D eigenvalue weighted by Gasteiger charge is 2.34. The molecule has 94 valence electrons. The van der Waals surface area contributed by atoms with Crippen molar-refractivity contribution in [2.24, 2.45) is 5.92 Å². The Balaban J connectivity index is 3.12. The summed E-state index contributed by atoms with van der Waals surface area (Å²) in [6, 6.07) is 3.46. The third-order valence-electron chi connectivity index (χ3n) is 2.07. The molecular weight excluding hydrogens is 299 g/mol. The number of hydrogen-bond acceptors (Lipinski definition) is 1. The average Bonchev–Trinajstić information content (AvgIpc) is 2.15. The van der Waals surface area contributed by atoms with Gasteiger partial charge in [0.1, 0.15) is 0 Å². The fourth-order valence-electron chi connectivity index (χ4n) is 1.14. The van der Waals surface area contributed by atoms with Crippen LogP contribution in [0.3, 0.4) is 0 Å². The first kappa shape index (κ1) is 14.0. The highest BCUT2D eigenvalue weighted by atomic mass is 79.9. The number of alkyl halides is 3. The van der Waals surface area contributed by atoms with Crippen molar-refractivity contribution >= 4 is 27.5 Å². The molecule has 0 bridgehead atoms. The van der Waals surface area contributed by atoms with Gasteiger partial charge in [-0.15, -0.1) is 0 Å². The molecule has 6 heteroatoms. The minimum atomic E-state index is -4.49. The SMILES string of the molecule is CC(C)C(=O)Nc1cc(Br)ccc1C(F)(F)F. The maximum Gasteiger partial charge on any atom is 0.418 e. The van der Waals surface area contributed by atoms with E-state index in [1.807, 2.05) is 0 Å². The van der Waals surface area contributed by atoms with Gasteiger partial charge in [0.25, 0.3) is 0 Å². The van der Waals surface area contributed by atoms with E-state index in [2.05, 4.69) is 21.2 Å². The van der Waals surface area contributed by atoms with Gasteiger partial charge in [0, 0.05) is 10.4 Å². The Labute approximate surface area is 105 Å². The Kier molecular flexibility index (Phi) is 4.19. The van der Waals surface area contributed by atoms with E-state index < -0.39 is 17.6 Å². The molecule has 1 rings (SSSR count). The molecule has 0 aliphatic carbocycles.